The van der Waals surface area contributed by atoms with Crippen molar-refractivity contribution < 1.29 is 74.8 Å². The topological polar surface area (TPSA) is 167 Å². The van der Waals surface area contributed by atoms with E-state index in [-0.39, 0.29) is 29.5 Å². The van der Waals surface area contributed by atoms with Crippen LogP contribution < -0.4 is 24.4 Å². The number of carboxylic acids is 1. The molecule has 0 bridgehead atoms. The summed E-state index contributed by atoms with van der Waals surface area (Å²) >= 11 is 4.79. The lowest BCUT2D eigenvalue weighted by Crippen LogP contribution is -2.33. The number of rotatable bonds is 13. The van der Waals surface area contributed by atoms with Gasteiger partial charge < -0.3 is 38.8 Å². The van der Waals surface area contributed by atoms with Crippen molar-refractivity contribution in [3.8, 4) is 34.1 Å². The largest absolute Gasteiger partial charge is 0.573 e. The zero-order valence-corrected chi connectivity index (χ0v) is 34.4. The molecule has 12 nitrogen and oxygen atoms in total. The van der Waals surface area contributed by atoms with Gasteiger partial charge in [-0.1, -0.05) is 48.5 Å². The predicted molar refractivity (Wildman–Crippen MR) is 216 cm³/mol. The summed E-state index contributed by atoms with van der Waals surface area (Å²) in [6.45, 7) is 2.56. The molecule has 0 fully saturated rings. The van der Waals surface area contributed by atoms with Crippen LogP contribution in [0.3, 0.4) is 0 Å². The van der Waals surface area contributed by atoms with Crippen LogP contribution in [-0.2, 0) is 18.0 Å². The molecule has 0 radical (unpaired) electrons. The molecule has 0 atom stereocenters. The Kier molecular flexibility index (Phi) is 17.5. The second-order valence-electron chi connectivity index (χ2n) is 11.3. The summed E-state index contributed by atoms with van der Waals surface area (Å²) in [4.78, 5) is 30.3. The van der Waals surface area contributed by atoms with Crippen molar-refractivity contribution in [2.24, 2.45) is 0 Å². The van der Waals surface area contributed by atoms with Crippen LogP contribution in [0, 0.1) is 3.57 Å². The first-order valence-electron chi connectivity index (χ1n) is 16.9. The molecule has 22 heteroatoms. The zero-order chi connectivity index (χ0) is 43.9. The van der Waals surface area contributed by atoms with E-state index in [0.717, 1.165) is 37.8 Å². The molecule has 316 valence electrons. The Balaban J connectivity index is 0.000000211. The van der Waals surface area contributed by atoms with Crippen LogP contribution in [0.1, 0.15) is 37.9 Å². The highest BCUT2D eigenvalue weighted by Gasteiger charge is 2.33. The number of benzene rings is 4. The second-order valence-corrected chi connectivity index (χ2v) is 14.5. The van der Waals surface area contributed by atoms with Gasteiger partial charge in [-0.25, -0.2) is 19.6 Å². The van der Waals surface area contributed by atoms with Crippen molar-refractivity contribution in [2.45, 2.75) is 32.9 Å². The number of para-hydroxylation sites is 2. The Hall–Kier alpha value is -5.43. The first-order valence-corrected chi connectivity index (χ1v) is 19.7. The van der Waals surface area contributed by atoms with E-state index in [1.807, 2.05) is 24.3 Å². The normalized spacial score (nSPS) is 10.9. The van der Waals surface area contributed by atoms with Gasteiger partial charge in [0, 0.05) is 25.4 Å². The fourth-order valence-corrected chi connectivity index (χ4v) is 6.25. The van der Waals surface area contributed by atoms with Crippen LogP contribution in [0.25, 0.3) is 11.1 Å². The van der Waals surface area contributed by atoms with Crippen molar-refractivity contribution in [3.63, 3.8) is 0 Å². The molecule has 0 unspecified atom stereocenters. The number of carboxylic acid groups (broad SMARTS) is 1. The highest BCUT2D eigenvalue weighted by molar-refractivity contribution is 14.1. The van der Waals surface area contributed by atoms with E-state index in [9.17, 15) is 35.9 Å². The maximum absolute atomic E-state index is 12.5. The smallest absolute Gasteiger partial charge is 0.486 e. The van der Waals surface area contributed by atoms with E-state index in [0.29, 0.717) is 40.8 Å². The minimum atomic E-state index is -4.84. The van der Waals surface area contributed by atoms with E-state index in [1.165, 1.54) is 47.0 Å². The van der Waals surface area contributed by atoms with Gasteiger partial charge in [-0.2, -0.15) is 0 Å². The molecule has 0 spiro atoms. The average Bonchev–Trinajstić information content (AvgIpc) is 3.88. The van der Waals surface area contributed by atoms with Gasteiger partial charge in [-0.3, -0.25) is 0 Å². The van der Waals surface area contributed by atoms with E-state index in [2.05, 4.69) is 42.0 Å². The maximum Gasteiger partial charge on any atom is 0.573 e. The van der Waals surface area contributed by atoms with Gasteiger partial charge in [0.25, 0.3) is 0 Å². The molecule has 4 aromatic carbocycles. The molecule has 0 aliphatic rings. The van der Waals surface area contributed by atoms with Gasteiger partial charge in [-0.05, 0) is 83.6 Å². The number of aromatic nitrogens is 2. The lowest BCUT2D eigenvalue weighted by atomic mass is 9.80. The van der Waals surface area contributed by atoms with E-state index < -0.39 is 31.6 Å². The van der Waals surface area contributed by atoms with E-state index >= 15 is 0 Å². The molecule has 0 aliphatic heterocycles. The third-order valence-corrected chi connectivity index (χ3v) is 9.41. The van der Waals surface area contributed by atoms with Gasteiger partial charge in [0.15, 0.2) is 11.4 Å². The van der Waals surface area contributed by atoms with Crippen LogP contribution in [0.5, 0.6) is 23.0 Å². The Morgan fingerprint density at radius 1 is 0.700 bits per heavy atom. The van der Waals surface area contributed by atoms with Gasteiger partial charge in [0.1, 0.15) is 46.2 Å². The summed E-state index contributed by atoms with van der Waals surface area (Å²) in [5.74, 6) is -1.15. The first-order chi connectivity index (χ1) is 28.4. The number of ether oxygens (including phenoxy) is 5. The van der Waals surface area contributed by atoms with Crippen molar-refractivity contribution in [3.05, 3.63) is 133 Å². The average molecular weight is 991 g/mol. The van der Waals surface area contributed by atoms with Crippen LogP contribution in [0.2, 0.25) is 0 Å². The number of hydrogen-bond acceptors (Lipinski definition) is 13. The minimum absolute atomic E-state index is 0.0461. The van der Waals surface area contributed by atoms with E-state index in [4.69, 9.17) is 29.4 Å². The third kappa shape index (κ3) is 16.0. The number of carbonyl (C=O) groups excluding carboxylic acids is 1. The Bertz CT molecular complexity index is 2290. The summed E-state index contributed by atoms with van der Waals surface area (Å²) in [6, 6.07) is 24.8. The molecular formula is C38H30BF6IN2O10S2. The van der Waals surface area contributed by atoms with Crippen LogP contribution in [-0.4, -0.2) is 63.5 Å². The molecule has 0 amide bonds. The number of thiazole rings is 2. The molecule has 60 heavy (non-hydrogen) atoms. The first kappa shape index (κ1) is 47.3. The number of alkyl halides is 6. The maximum atomic E-state index is 12.5. The third-order valence-electron chi connectivity index (χ3n) is 7.05. The van der Waals surface area contributed by atoms with Gasteiger partial charge in [-0.15, -0.1) is 49.0 Å². The summed E-state index contributed by atoms with van der Waals surface area (Å²) in [5.41, 5.74) is 0.796. The molecule has 0 saturated carbocycles. The fraction of sp³-hybridized carbons (Fsp3) is 0.158. The number of nitrogens with zero attached hydrogens (tertiary/aromatic N) is 2. The Morgan fingerprint density at radius 3 is 1.70 bits per heavy atom. The number of hydrogen-bond donors (Lipinski definition) is 3. The van der Waals surface area contributed by atoms with E-state index in [1.54, 1.807) is 42.6 Å². The minimum Gasteiger partial charge on any atom is -0.486 e. The van der Waals surface area contributed by atoms with Gasteiger partial charge in [0.05, 0.1) is 6.61 Å². The van der Waals surface area contributed by atoms with Crippen molar-refractivity contribution in [2.75, 3.05) is 6.61 Å². The van der Waals surface area contributed by atoms with Gasteiger partial charge >= 0.3 is 31.8 Å². The predicted octanol–water partition coefficient (Wildman–Crippen LogP) is 8.75. The molecular weight excluding hydrogens is 960 g/mol. The number of aromatic carboxylic acids is 1. The van der Waals surface area contributed by atoms with Crippen LogP contribution in [0.4, 0.5) is 26.3 Å². The lowest BCUT2D eigenvalue weighted by molar-refractivity contribution is -0.275. The molecule has 2 heterocycles. The summed E-state index contributed by atoms with van der Waals surface area (Å²) in [6.07, 6.45) is -9.62. The van der Waals surface area contributed by atoms with Crippen LogP contribution >= 0.6 is 45.3 Å². The molecule has 2 aromatic heterocycles. The number of carbonyl (C=O) groups is 2. The summed E-state index contributed by atoms with van der Waals surface area (Å²) < 4.78 is 97.8. The summed E-state index contributed by atoms with van der Waals surface area (Å²) in [5, 5.41) is 30.6. The van der Waals surface area contributed by atoms with Crippen molar-refractivity contribution in [1.29, 1.82) is 0 Å². The molecule has 0 aliphatic carbocycles. The lowest BCUT2D eigenvalue weighted by Gasteiger charge is -2.13. The molecule has 0 saturated heterocycles. The number of halogens is 7. The Morgan fingerprint density at radius 2 is 1.18 bits per heavy atom. The van der Waals surface area contributed by atoms with Gasteiger partial charge in [0.2, 0.25) is 0 Å². The second kappa shape index (κ2) is 22.3. The fourth-order valence-electron chi connectivity index (χ4n) is 4.53. The summed E-state index contributed by atoms with van der Waals surface area (Å²) in [7, 11) is -1.99. The quantitative estimate of drug-likeness (QED) is 0.0437. The zero-order valence-electron chi connectivity index (χ0n) is 30.6. The molecule has 6 rings (SSSR count). The SMILES string of the molecule is CCOC(=O)c1csc(COc2ccc(I)cc2)n1.O=C(O)c1csc(COc2ccc(-c3ccccc3OC(F)(F)F)cc2)n1.OB(O)c1ccccc1OC(F)(F)F. The van der Waals surface area contributed by atoms with Crippen molar-refractivity contribution >= 4 is 69.8 Å². The highest BCUT2D eigenvalue weighted by atomic mass is 127. The monoisotopic (exact) mass is 990 g/mol. The molecule has 3 N–H and O–H groups in total. The van der Waals surface area contributed by atoms with Crippen molar-refractivity contribution in [1.82, 2.24) is 9.97 Å². The standard InChI is InChI=1S/C18H12F3NO4S.C13H12INO3S.C7H6BF3O3/c19-18(20,21)26-15-4-2-1-3-13(15)11-5-7-12(8-6-11)25-9-16-22-14(10-27-16)17(23)24;1-2-17-13(16)11-8-19-12(15-11)7-18-10-5-3-9(14)4-6-10;9-7(10,11)14-6-4-2-1-3-5(6)8(12)13/h1-8,10H,9H2,(H,23,24);3-6,8H,2,7H2,1H3;1-4,12-13H. The number of esters is 1. The Labute approximate surface area is 359 Å². The van der Waals surface area contributed by atoms with Crippen LogP contribution in [0.15, 0.2) is 108 Å². The molecule has 6 aromatic rings. The highest BCUT2D eigenvalue weighted by Crippen LogP contribution is 2.34.